The quantitative estimate of drug-likeness (QED) is 0.592. The van der Waals surface area contributed by atoms with E-state index in [0.29, 0.717) is 12.5 Å². The summed E-state index contributed by atoms with van der Waals surface area (Å²) in [7, 11) is 0. The molecule has 3 N–H and O–H groups in total. The molecule has 0 amide bonds. The van der Waals surface area contributed by atoms with Gasteiger partial charge in [0.25, 0.3) is 0 Å². The van der Waals surface area contributed by atoms with Gasteiger partial charge in [0, 0.05) is 19.6 Å². The molecule has 0 radical (unpaired) electrons. The fourth-order valence-electron chi connectivity index (χ4n) is 3.22. The predicted octanol–water partition coefficient (Wildman–Crippen LogP) is 2.21. The fourth-order valence-corrected chi connectivity index (χ4v) is 3.22. The third-order valence-corrected chi connectivity index (χ3v) is 4.67. The van der Waals surface area contributed by atoms with Gasteiger partial charge in [0.05, 0.1) is 25.8 Å². The van der Waals surface area contributed by atoms with Crippen molar-refractivity contribution in [3.63, 3.8) is 0 Å². The van der Waals surface area contributed by atoms with E-state index >= 15 is 0 Å². The van der Waals surface area contributed by atoms with Crippen molar-refractivity contribution in [1.29, 1.82) is 0 Å². The number of hydrogen-bond acceptors (Lipinski definition) is 3. The standard InChI is InChI=1S/C21H28N4O/c22-21(23-12-11-18-7-3-1-4-8-18)24-17-20(19-9-5-2-6-10-19)25-13-15-26-16-14-25/h1-10,20H,11-17H2,(H3,22,23,24). The van der Waals surface area contributed by atoms with Gasteiger partial charge in [-0.3, -0.25) is 9.89 Å². The van der Waals surface area contributed by atoms with Crippen LogP contribution in [0.25, 0.3) is 0 Å². The lowest BCUT2D eigenvalue weighted by Gasteiger charge is -2.34. The molecular weight excluding hydrogens is 324 g/mol. The van der Waals surface area contributed by atoms with Gasteiger partial charge in [0.1, 0.15) is 0 Å². The summed E-state index contributed by atoms with van der Waals surface area (Å²) < 4.78 is 5.49. The summed E-state index contributed by atoms with van der Waals surface area (Å²) >= 11 is 0. The monoisotopic (exact) mass is 352 g/mol. The fraction of sp³-hybridized carbons (Fsp3) is 0.381. The van der Waals surface area contributed by atoms with Crippen LogP contribution in [0.15, 0.2) is 65.7 Å². The zero-order valence-electron chi connectivity index (χ0n) is 15.2. The second kappa shape index (κ2) is 9.94. The SMILES string of the molecule is NC(=NCC(c1ccccc1)N1CCOCC1)NCCc1ccccc1. The highest BCUT2D eigenvalue weighted by Gasteiger charge is 2.22. The second-order valence-corrected chi connectivity index (χ2v) is 6.46. The molecule has 1 aliphatic rings. The summed E-state index contributed by atoms with van der Waals surface area (Å²) in [6.07, 6.45) is 0.933. The molecule has 1 saturated heterocycles. The molecule has 3 rings (SSSR count). The smallest absolute Gasteiger partial charge is 0.188 e. The molecular formula is C21H28N4O. The first-order valence-electron chi connectivity index (χ1n) is 9.27. The average Bonchev–Trinajstić information content (AvgIpc) is 2.71. The molecule has 1 heterocycles. The summed E-state index contributed by atoms with van der Waals surface area (Å²) in [5, 5.41) is 3.23. The molecule has 138 valence electrons. The molecule has 0 spiro atoms. The first-order chi connectivity index (χ1) is 12.8. The molecule has 1 aliphatic heterocycles. The van der Waals surface area contributed by atoms with Crippen LogP contribution in [0, 0.1) is 0 Å². The van der Waals surface area contributed by atoms with Gasteiger partial charge in [-0.2, -0.15) is 0 Å². The van der Waals surface area contributed by atoms with Crippen molar-refractivity contribution < 1.29 is 4.74 Å². The lowest BCUT2D eigenvalue weighted by Crippen LogP contribution is -2.41. The highest BCUT2D eigenvalue weighted by atomic mass is 16.5. The second-order valence-electron chi connectivity index (χ2n) is 6.46. The molecule has 0 aliphatic carbocycles. The minimum Gasteiger partial charge on any atom is -0.379 e. The number of aliphatic imine (C=N–C) groups is 1. The van der Waals surface area contributed by atoms with Crippen molar-refractivity contribution in [1.82, 2.24) is 10.2 Å². The number of nitrogens with two attached hydrogens (primary N) is 1. The molecule has 0 saturated carbocycles. The predicted molar refractivity (Wildman–Crippen MR) is 106 cm³/mol. The first-order valence-corrected chi connectivity index (χ1v) is 9.27. The maximum atomic E-state index is 6.09. The van der Waals surface area contributed by atoms with E-state index < -0.39 is 0 Å². The highest BCUT2D eigenvalue weighted by molar-refractivity contribution is 5.77. The summed E-state index contributed by atoms with van der Waals surface area (Å²) in [5.74, 6) is 0.509. The zero-order chi connectivity index (χ0) is 18.0. The first kappa shape index (κ1) is 18.4. The summed E-state index contributed by atoms with van der Waals surface area (Å²) in [6, 6.07) is 21.1. The number of rotatable bonds is 7. The normalized spacial score (nSPS) is 17.0. The van der Waals surface area contributed by atoms with Gasteiger partial charge < -0.3 is 15.8 Å². The van der Waals surface area contributed by atoms with Crippen LogP contribution in [0.2, 0.25) is 0 Å². The average molecular weight is 352 g/mol. The van der Waals surface area contributed by atoms with E-state index in [1.54, 1.807) is 0 Å². The van der Waals surface area contributed by atoms with Crippen LogP contribution in [-0.4, -0.2) is 50.3 Å². The topological polar surface area (TPSA) is 62.9 Å². The Bertz CT molecular complexity index is 669. The van der Waals surface area contributed by atoms with Crippen molar-refractivity contribution in [3.8, 4) is 0 Å². The number of hydrogen-bond donors (Lipinski definition) is 2. The van der Waals surface area contributed by atoms with E-state index in [9.17, 15) is 0 Å². The third kappa shape index (κ3) is 5.58. The van der Waals surface area contributed by atoms with Crippen LogP contribution in [-0.2, 0) is 11.2 Å². The molecule has 1 atom stereocenters. The van der Waals surface area contributed by atoms with Crippen LogP contribution < -0.4 is 11.1 Å². The Morgan fingerprint density at radius 1 is 1.04 bits per heavy atom. The van der Waals surface area contributed by atoms with E-state index in [4.69, 9.17) is 10.5 Å². The van der Waals surface area contributed by atoms with Crippen molar-refractivity contribution >= 4 is 5.96 Å². The van der Waals surface area contributed by atoms with Crippen LogP contribution in [0.5, 0.6) is 0 Å². The number of ether oxygens (including phenoxy) is 1. The van der Waals surface area contributed by atoms with Gasteiger partial charge >= 0.3 is 0 Å². The molecule has 2 aromatic rings. The van der Waals surface area contributed by atoms with Crippen LogP contribution in [0.1, 0.15) is 17.2 Å². The van der Waals surface area contributed by atoms with Gasteiger partial charge in [-0.25, -0.2) is 0 Å². The van der Waals surface area contributed by atoms with E-state index in [0.717, 1.165) is 39.3 Å². The molecule has 0 aromatic heterocycles. The Kier molecular flexibility index (Phi) is 7.05. The molecule has 26 heavy (non-hydrogen) atoms. The van der Waals surface area contributed by atoms with Gasteiger partial charge in [0.2, 0.25) is 0 Å². The lowest BCUT2D eigenvalue weighted by atomic mass is 10.1. The lowest BCUT2D eigenvalue weighted by molar-refractivity contribution is 0.0180. The maximum Gasteiger partial charge on any atom is 0.188 e. The number of benzene rings is 2. The van der Waals surface area contributed by atoms with E-state index in [1.165, 1.54) is 11.1 Å². The minimum atomic E-state index is 0.231. The van der Waals surface area contributed by atoms with Crippen molar-refractivity contribution in [3.05, 3.63) is 71.8 Å². The molecule has 0 bridgehead atoms. The Morgan fingerprint density at radius 2 is 1.69 bits per heavy atom. The molecule has 1 unspecified atom stereocenters. The Morgan fingerprint density at radius 3 is 2.38 bits per heavy atom. The highest BCUT2D eigenvalue weighted by Crippen LogP contribution is 2.22. The van der Waals surface area contributed by atoms with Gasteiger partial charge in [-0.05, 0) is 17.5 Å². The van der Waals surface area contributed by atoms with Gasteiger partial charge in [-0.15, -0.1) is 0 Å². The van der Waals surface area contributed by atoms with Crippen LogP contribution in [0.3, 0.4) is 0 Å². The van der Waals surface area contributed by atoms with E-state index in [2.05, 4.69) is 63.7 Å². The third-order valence-electron chi connectivity index (χ3n) is 4.67. The van der Waals surface area contributed by atoms with Gasteiger partial charge in [-0.1, -0.05) is 60.7 Å². The Balaban J connectivity index is 1.56. The van der Waals surface area contributed by atoms with E-state index in [1.807, 2.05) is 12.1 Å². The number of nitrogens with one attached hydrogen (secondary N) is 1. The van der Waals surface area contributed by atoms with Crippen LogP contribution in [0.4, 0.5) is 0 Å². The van der Waals surface area contributed by atoms with E-state index in [-0.39, 0.29) is 6.04 Å². The van der Waals surface area contributed by atoms with Crippen molar-refractivity contribution in [2.45, 2.75) is 12.5 Å². The maximum absolute atomic E-state index is 6.09. The van der Waals surface area contributed by atoms with Crippen LogP contribution >= 0.6 is 0 Å². The number of nitrogens with zero attached hydrogens (tertiary/aromatic N) is 2. The number of guanidine groups is 1. The molecule has 5 heteroatoms. The van der Waals surface area contributed by atoms with Crippen molar-refractivity contribution in [2.75, 3.05) is 39.4 Å². The molecule has 5 nitrogen and oxygen atoms in total. The summed E-state index contributed by atoms with van der Waals surface area (Å²) in [6.45, 7) is 4.84. The largest absolute Gasteiger partial charge is 0.379 e. The zero-order valence-corrected chi connectivity index (χ0v) is 15.2. The van der Waals surface area contributed by atoms with Gasteiger partial charge in [0.15, 0.2) is 5.96 Å². The minimum absolute atomic E-state index is 0.231. The Labute approximate surface area is 155 Å². The molecule has 2 aromatic carbocycles. The summed E-state index contributed by atoms with van der Waals surface area (Å²) in [5.41, 5.74) is 8.66. The molecule has 1 fully saturated rings. The summed E-state index contributed by atoms with van der Waals surface area (Å²) in [4.78, 5) is 7.04. The Hall–Kier alpha value is -2.37. The van der Waals surface area contributed by atoms with Crippen molar-refractivity contribution in [2.24, 2.45) is 10.7 Å². The number of morpholine rings is 1.